The second kappa shape index (κ2) is 10.0. The van der Waals surface area contributed by atoms with Gasteiger partial charge in [-0.25, -0.2) is 8.42 Å². The van der Waals surface area contributed by atoms with Crippen LogP contribution in [0.25, 0.3) is 0 Å². The summed E-state index contributed by atoms with van der Waals surface area (Å²) in [6, 6.07) is 13.6. The molecule has 2 N–H and O–H groups in total. The van der Waals surface area contributed by atoms with Crippen molar-refractivity contribution in [2.45, 2.75) is 23.3 Å². The van der Waals surface area contributed by atoms with Gasteiger partial charge in [0.2, 0.25) is 5.75 Å². The highest BCUT2D eigenvalue weighted by molar-refractivity contribution is 7.92. The molecule has 0 bridgehead atoms. The van der Waals surface area contributed by atoms with E-state index < -0.39 is 10.0 Å². The number of allylic oxidation sites excluding steroid dienone is 2. The van der Waals surface area contributed by atoms with Gasteiger partial charge in [0.15, 0.2) is 11.5 Å². The second-order valence-corrected chi connectivity index (χ2v) is 11.4. The van der Waals surface area contributed by atoms with Crippen molar-refractivity contribution < 1.29 is 22.6 Å². The smallest absolute Gasteiger partial charge is 0.261 e. The molecule has 1 heterocycles. The summed E-state index contributed by atoms with van der Waals surface area (Å²) in [5.74, 6) is 1.90. The van der Waals surface area contributed by atoms with E-state index in [1.54, 1.807) is 51.7 Å². The Balaban J connectivity index is 1.51. The third-order valence-corrected chi connectivity index (χ3v) is 8.79. The van der Waals surface area contributed by atoms with Gasteiger partial charge in [0, 0.05) is 16.6 Å². The third-order valence-electron chi connectivity index (χ3n) is 6.86. The summed E-state index contributed by atoms with van der Waals surface area (Å²) < 4.78 is 45.7. The molecule has 194 valence electrons. The van der Waals surface area contributed by atoms with Crippen LogP contribution in [0.3, 0.4) is 0 Å². The highest BCUT2D eigenvalue weighted by Gasteiger charge is 2.39. The number of hydrogen-bond donors (Lipinski definition) is 2. The van der Waals surface area contributed by atoms with Gasteiger partial charge in [-0.1, -0.05) is 35.4 Å². The molecule has 2 aliphatic rings. The van der Waals surface area contributed by atoms with Crippen molar-refractivity contribution in [1.82, 2.24) is 0 Å². The van der Waals surface area contributed by atoms with Gasteiger partial charge in [0.05, 0.1) is 43.0 Å². The lowest BCUT2D eigenvalue weighted by molar-refractivity contribution is 0.322. The molecule has 3 aromatic carbocycles. The monoisotopic (exact) mass is 560 g/mol. The van der Waals surface area contributed by atoms with Gasteiger partial charge in [-0.15, -0.1) is 0 Å². The summed E-state index contributed by atoms with van der Waals surface area (Å²) in [6.07, 6.45) is 5.13. The molecule has 3 aromatic rings. The zero-order chi connectivity index (χ0) is 26.3. The van der Waals surface area contributed by atoms with Crippen LogP contribution in [0.4, 0.5) is 11.4 Å². The Morgan fingerprint density at radius 3 is 2.35 bits per heavy atom. The highest BCUT2D eigenvalue weighted by atomic mass is 35.5. The Labute approximate surface area is 226 Å². The van der Waals surface area contributed by atoms with Crippen LogP contribution < -0.4 is 24.2 Å². The summed E-state index contributed by atoms with van der Waals surface area (Å²) in [5, 5.41) is 4.27. The zero-order valence-electron chi connectivity index (χ0n) is 20.4. The lowest BCUT2D eigenvalue weighted by Crippen LogP contribution is -2.29. The van der Waals surface area contributed by atoms with Gasteiger partial charge in [-0.2, -0.15) is 0 Å². The highest BCUT2D eigenvalue weighted by Crippen LogP contribution is 2.52. The van der Waals surface area contributed by atoms with Crippen LogP contribution in [0.1, 0.15) is 29.5 Å². The largest absolute Gasteiger partial charge is 0.493 e. The summed E-state index contributed by atoms with van der Waals surface area (Å²) in [5.41, 5.74) is 3.01. The molecule has 5 rings (SSSR count). The fraction of sp³-hybridized carbons (Fsp3) is 0.259. The Morgan fingerprint density at radius 1 is 0.946 bits per heavy atom. The van der Waals surface area contributed by atoms with Crippen LogP contribution in [-0.2, 0) is 10.0 Å². The quantitative estimate of drug-likeness (QED) is 0.315. The Hall–Kier alpha value is -3.07. The van der Waals surface area contributed by atoms with E-state index >= 15 is 0 Å². The summed E-state index contributed by atoms with van der Waals surface area (Å²) in [6.45, 7) is 0. The summed E-state index contributed by atoms with van der Waals surface area (Å²) in [7, 11) is 0.867. The number of nitrogens with one attached hydrogen (secondary N) is 2. The topological polar surface area (TPSA) is 85.9 Å². The first-order valence-electron chi connectivity index (χ1n) is 11.6. The number of hydrogen-bond acceptors (Lipinski definition) is 6. The Kier molecular flexibility index (Phi) is 6.91. The van der Waals surface area contributed by atoms with E-state index in [2.05, 4.69) is 22.2 Å². The van der Waals surface area contributed by atoms with Crippen LogP contribution in [0.15, 0.2) is 65.6 Å². The maximum absolute atomic E-state index is 13.2. The van der Waals surface area contributed by atoms with Crippen LogP contribution in [0.5, 0.6) is 17.2 Å². The number of benzene rings is 3. The molecule has 0 fully saturated rings. The number of rotatable bonds is 7. The predicted octanol–water partition coefficient (Wildman–Crippen LogP) is 6.65. The van der Waals surface area contributed by atoms with Gasteiger partial charge in [-0.05, 0) is 72.0 Å². The number of ether oxygens (including phenoxy) is 3. The minimum atomic E-state index is -3.90. The van der Waals surface area contributed by atoms with Gasteiger partial charge in [0.1, 0.15) is 0 Å². The van der Waals surface area contributed by atoms with E-state index in [1.807, 2.05) is 12.1 Å². The molecule has 0 unspecified atom stereocenters. The molecule has 0 aromatic heterocycles. The van der Waals surface area contributed by atoms with E-state index in [-0.39, 0.29) is 33.5 Å². The first-order chi connectivity index (χ1) is 17.7. The lowest BCUT2D eigenvalue weighted by Gasteiger charge is -2.38. The fourth-order valence-corrected chi connectivity index (χ4v) is 6.63. The van der Waals surface area contributed by atoms with Crippen molar-refractivity contribution >= 4 is 44.6 Å². The number of halogens is 2. The van der Waals surface area contributed by atoms with Crippen molar-refractivity contribution in [3.05, 3.63) is 81.9 Å². The average Bonchev–Trinajstić information content (AvgIpc) is 3.39. The molecule has 0 saturated heterocycles. The van der Waals surface area contributed by atoms with E-state index in [0.29, 0.717) is 22.3 Å². The fourth-order valence-electron chi connectivity index (χ4n) is 5.13. The van der Waals surface area contributed by atoms with E-state index in [4.69, 9.17) is 37.4 Å². The second-order valence-electron chi connectivity index (χ2n) is 8.91. The molecule has 3 atom stereocenters. The average molecular weight is 561 g/mol. The minimum Gasteiger partial charge on any atom is -0.493 e. The normalized spacial score (nSPS) is 20.0. The first kappa shape index (κ1) is 25.6. The number of fused-ring (bicyclic) bond motifs is 3. The Bertz CT molecular complexity index is 1470. The molecule has 0 radical (unpaired) electrons. The number of methoxy groups -OCH3 is 3. The van der Waals surface area contributed by atoms with Gasteiger partial charge >= 0.3 is 0 Å². The SMILES string of the molecule is COc1cc([C@H]2Nc3ccc(S(=O)(=O)Nc4cc(Cl)ccc4Cl)cc3[C@H]3C=CC[C@H]32)cc(OC)c1OC. The summed E-state index contributed by atoms with van der Waals surface area (Å²) in [4.78, 5) is 0.148. The summed E-state index contributed by atoms with van der Waals surface area (Å²) >= 11 is 12.2. The van der Waals surface area contributed by atoms with E-state index in [9.17, 15) is 8.42 Å². The molecule has 7 nitrogen and oxygen atoms in total. The van der Waals surface area contributed by atoms with Crippen LogP contribution in [-0.4, -0.2) is 29.7 Å². The lowest BCUT2D eigenvalue weighted by atomic mass is 9.77. The van der Waals surface area contributed by atoms with Crippen molar-refractivity contribution in [2.75, 3.05) is 31.4 Å². The van der Waals surface area contributed by atoms with Gasteiger partial charge in [0.25, 0.3) is 10.0 Å². The molecule has 0 amide bonds. The minimum absolute atomic E-state index is 0.0326. The van der Waals surface area contributed by atoms with Crippen molar-refractivity contribution in [3.63, 3.8) is 0 Å². The molecule has 0 saturated carbocycles. The molecule has 1 aliphatic carbocycles. The molecule has 37 heavy (non-hydrogen) atoms. The first-order valence-corrected chi connectivity index (χ1v) is 13.8. The molecular formula is C27H26Cl2N2O5S. The van der Waals surface area contributed by atoms with E-state index in [1.165, 1.54) is 6.07 Å². The van der Waals surface area contributed by atoms with Crippen molar-refractivity contribution in [3.8, 4) is 17.2 Å². The van der Waals surface area contributed by atoms with Crippen LogP contribution in [0.2, 0.25) is 10.0 Å². The van der Waals surface area contributed by atoms with Gasteiger partial charge < -0.3 is 19.5 Å². The maximum Gasteiger partial charge on any atom is 0.261 e. The molecule has 1 aliphatic heterocycles. The third kappa shape index (κ3) is 4.69. The molecule has 10 heteroatoms. The predicted molar refractivity (Wildman–Crippen MR) is 146 cm³/mol. The Morgan fingerprint density at radius 2 is 1.68 bits per heavy atom. The standard InChI is InChI=1S/C27H26Cl2N2O5S/c1-34-24-11-15(12-25(35-2)27(24)36-3)26-19-6-4-5-18(19)20-14-17(8-10-22(20)30-26)37(32,33)31-23-13-16(28)7-9-21(23)29/h4-5,7-14,18-19,26,30-31H,6H2,1-3H3/t18-,19+,26+/m0/s1. The van der Waals surface area contributed by atoms with Crippen LogP contribution in [0, 0.1) is 5.92 Å². The van der Waals surface area contributed by atoms with Crippen LogP contribution >= 0.6 is 23.2 Å². The number of sulfonamides is 1. The maximum atomic E-state index is 13.2. The van der Waals surface area contributed by atoms with Crippen molar-refractivity contribution in [1.29, 1.82) is 0 Å². The molecule has 0 spiro atoms. The van der Waals surface area contributed by atoms with E-state index in [0.717, 1.165) is 23.2 Å². The van der Waals surface area contributed by atoms with Crippen molar-refractivity contribution in [2.24, 2.45) is 5.92 Å². The van der Waals surface area contributed by atoms with Gasteiger partial charge in [-0.3, -0.25) is 4.72 Å². The number of anilines is 2. The zero-order valence-corrected chi connectivity index (χ0v) is 22.7. The molecular weight excluding hydrogens is 535 g/mol.